The van der Waals surface area contributed by atoms with Crippen molar-refractivity contribution < 1.29 is 81.6 Å². The van der Waals surface area contributed by atoms with Gasteiger partial charge in [0, 0.05) is 58.1 Å². The molecule has 0 aliphatic carbocycles. The lowest BCUT2D eigenvalue weighted by atomic mass is 9.83. The van der Waals surface area contributed by atoms with Crippen LogP contribution < -0.4 is 5.73 Å². The number of fused-ring (bicyclic) bond motifs is 5. The fourth-order valence-corrected chi connectivity index (χ4v) is 15.7. The van der Waals surface area contributed by atoms with Gasteiger partial charge in [-0.3, -0.25) is 4.79 Å². The van der Waals surface area contributed by atoms with E-state index in [1.807, 2.05) is 6.92 Å². The number of hydrogen-bond donors (Lipinski definition) is 3. The largest absolute Gasteiger partial charge is 0.459 e. The lowest BCUT2D eigenvalue weighted by molar-refractivity contribution is -0.388. The molecule has 18 heteroatoms. The van der Waals surface area contributed by atoms with Crippen LogP contribution in [0.25, 0.3) is 0 Å². The van der Waals surface area contributed by atoms with Crippen molar-refractivity contribution in [3.05, 3.63) is 24.3 Å². The van der Waals surface area contributed by atoms with Gasteiger partial charge in [-0.15, -0.1) is 0 Å². The summed E-state index contributed by atoms with van der Waals surface area (Å²) >= 11 is 0. The maximum Gasteiger partial charge on any atom is 0.308 e. The zero-order valence-electron chi connectivity index (χ0n) is 46.9. The molecule has 29 atom stereocenters. The number of hydrogen-bond acceptors (Lipinski definition) is 18. The van der Waals surface area contributed by atoms with Crippen LogP contribution in [0.5, 0.6) is 0 Å². The lowest BCUT2D eigenvalue weighted by Gasteiger charge is -2.48. The molecule has 1 spiro atoms. The molecule has 0 amide bonds. The summed E-state index contributed by atoms with van der Waals surface area (Å²) in [7, 11) is 1.72. The molecule has 77 heavy (non-hydrogen) atoms. The van der Waals surface area contributed by atoms with Crippen molar-refractivity contribution in [2.75, 3.05) is 13.7 Å². The van der Waals surface area contributed by atoms with Gasteiger partial charge < -0.3 is 72.8 Å². The van der Waals surface area contributed by atoms with Gasteiger partial charge in [-0.05, 0) is 107 Å². The van der Waals surface area contributed by atoms with Crippen molar-refractivity contribution in [2.24, 2.45) is 29.4 Å². The number of methoxy groups -OCH3 is 1. The average Bonchev–Trinajstić information content (AvgIpc) is 4.20. The summed E-state index contributed by atoms with van der Waals surface area (Å²) in [4.78, 5) is 26.2. The molecule has 0 radical (unpaired) electrons. The average molecular weight is 1090 g/mol. The first-order valence-corrected chi connectivity index (χ1v) is 30.0. The van der Waals surface area contributed by atoms with E-state index < -0.39 is 48.5 Å². The Morgan fingerprint density at radius 2 is 1.32 bits per heavy atom. The van der Waals surface area contributed by atoms with Gasteiger partial charge in [-0.25, -0.2) is 9.78 Å². The molecule has 436 valence electrons. The molecule has 0 aromatic carbocycles. The summed E-state index contributed by atoms with van der Waals surface area (Å²) in [6.07, 6.45) is 4.79. The molecule has 4 N–H and O–H groups in total. The van der Waals surface area contributed by atoms with E-state index in [1.165, 1.54) is 11.1 Å². The van der Waals surface area contributed by atoms with Crippen LogP contribution in [0.3, 0.4) is 0 Å². The zero-order valence-corrected chi connectivity index (χ0v) is 46.9. The third-order valence-electron chi connectivity index (χ3n) is 20.2. The zero-order chi connectivity index (χ0) is 54.0. The van der Waals surface area contributed by atoms with E-state index in [9.17, 15) is 15.0 Å². The van der Waals surface area contributed by atoms with E-state index in [0.29, 0.717) is 50.9 Å². The number of aliphatic hydroxyl groups is 2. The number of nitrogens with two attached hydrogens (primary N) is 1. The summed E-state index contributed by atoms with van der Waals surface area (Å²) in [6.45, 7) is 21.6. The van der Waals surface area contributed by atoms with Crippen molar-refractivity contribution in [3.8, 4) is 0 Å². The minimum Gasteiger partial charge on any atom is -0.459 e. The van der Waals surface area contributed by atoms with Crippen LogP contribution in [0.2, 0.25) is 0 Å². The first-order chi connectivity index (χ1) is 36.9. The molecule has 11 aliphatic rings. The molecular weight excluding hydrogens is 995 g/mol. The van der Waals surface area contributed by atoms with E-state index in [4.69, 9.17) is 72.4 Å². The van der Waals surface area contributed by atoms with E-state index >= 15 is 0 Å². The second-order valence-electron chi connectivity index (χ2n) is 25.7. The van der Waals surface area contributed by atoms with Crippen LogP contribution in [0.1, 0.15) is 151 Å². The van der Waals surface area contributed by atoms with Gasteiger partial charge in [0.05, 0.1) is 122 Å². The smallest absolute Gasteiger partial charge is 0.308 e. The molecule has 11 rings (SSSR count). The Kier molecular flexibility index (Phi) is 17.7. The second-order valence-corrected chi connectivity index (χ2v) is 25.7. The van der Waals surface area contributed by atoms with E-state index in [-0.39, 0.29) is 140 Å². The summed E-state index contributed by atoms with van der Waals surface area (Å²) in [5.74, 6) is -0.621. The number of ether oxygens (including phenoxy) is 12. The lowest BCUT2D eigenvalue weighted by Crippen LogP contribution is -2.59. The van der Waals surface area contributed by atoms with E-state index in [2.05, 4.69) is 47.8 Å². The fourth-order valence-electron chi connectivity index (χ4n) is 15.7. The normalized spacial score (nSPS) is 52.1. The third kappa shape index (κ3) is 12.1. The molecule has 11 aliphatic heterocycles. The minimum atomic E-state index is -0.910. The van der Waals surface area contributed by atoms with Crippen LogP contribution in [0.4, 0.5) is 0 Å². The Labute approximate surface area is 456 Å². The van der Waals surface area contributed by atoms with Gasteiger partial charge >= 0.3 is 5.97 Å². The monoisotopic (exact) mass is 1090 g/mol. The van der Waals surface area contributed by atoms with Crippen molar-refractivity contribution in [2.45, 2.75) is 303 Å². The molecule has 18 nitrogen and oxygen atoms in total. The maximum atomic E-state index is 13.8. The molecule has 0 aromatic rings. The van der Waals surface area contributed by atoms with Crippen LogP contribution >= 0.6 is 0 Å². The van der Waals surface area contributed by atoms with Crippen LogP contribution in [0.15, 0.2) is 24.3 Å². The van der Waals surface area contributed by atoms with Gasteiger partial charge in [0.1, 0.15) is 30.5 Å². The van der Waals surface area contributed by atoms with Gasteiger partial charge in [-0.2, -0.15) is 0 Å². The topological polar surface area (TPSA) is 213 Å². The van der Waals surface area contributed by atoms with Crippen LogP contribution in [0, 0.1) is 23.7 Å². The first kappa shape index (κ1) is 57.1. The van der Waals surface area contributed by atoms with Crippen molar-refractivity contribution in [3.63, 3.8) is 0 Å². The SMILES string of the molecule is C=C1C[C@H](CC[C@@H]2C[C@@H](OC)[C@@H]([C@H]3C[C@@H](O)[C@H]4O[C@@H](CC(=O)O[C@@H]5[C@@H](C)[C@@H]6O[C@@H]7C[C@]8(C[C@@H]9OO[C@H]%10C[C@@H](O)[C@@H](CN)O[C@H]%10[C@@H](C)CC[C@H](C)[C@@H]9O8)O[C@@H]7C[C@@H]6O[C@H]5C)CC[C@@H]4O3)O2)O[C@H]1CC[C@H]1C[C@@H](C)C(=C)[C@@H](C)O1. The molecule has 0 saturated carbocycles. The van der Waals surface area contributed by atoms with E-state index in [1.54, 1.807) is 7.11 Å². The molecule has 11 heterocycles. The number of aliphatic hydroxyl groups excluding tert-OH is 2. The minimum absolute atomic E-state index is 0.00829. The summed E-state index contributed by atoms with van der Waals surface area (Å²) in [5, 5.41) is 22.3. The highest BCUT2D eigenvalue weighted by atomic mass is 17.2. The third-order valence-corrected chi connectivity index (χ3v) is 20.2. The quantitative estimate of drug-likeness (QED) is 0.112. The van der Waals surface area contributed by atoms with Gasteiger partial charge in [0.25, 0.3) is 0 Å². The van der Waals surface area contributed by atoms with Crippen LogP contribution in [-0.2, 0) is 71.4 Å². The Morgan fingerprint density at radius 3 is 2.10 bits per heavy atom. The van der Waals surface area contributed by atoms with Gasteiger partial charge in [0.15, 0.2) is 5.79 Å². The Bertz CT molecular complexity index is 2040. The Balaban J connectivity index is 0.624. The Morgan fingerprint density at radius 1 is 0.623 bits per heavy atom. The van der Waals surface area contributed by atoms with E-state index in [0.717, 1.165) is 57.8 Å². The molecule has 0 aromatic heterocycles. The molecule has 11 saturated heterocycles. The van der Waals surface area contributed by atoms with Crippen LogP contribution in [-0.4, -0.2) is 182 Å². The molecule has 0 bridgehead atoms. The molecule has 0 unspecified atom stereocenters. The predicted molar refractivity (Wildman–Crippen MR) is 278 cm³/mol. The standard InChI is InChI=1S/C59H93NO17/c1-28-10-11-29(2)54-50(77-76-48-22-40(61)51(27-60)72-53(28)48)26-59(75-54)25-49-44(74-59)24-47-56(71-49)33(6)55(35(8)66-47)73-52(63)21-39-15-17-43-57(68-39)41(62)23-46(70-43)58-45(64-9)20-38(69-58)13-12-37-19-31(4)42(67-37)16-14-36-18-30(3)32(5)34(7)65-36/h28-30,33-51,53-58,61-62H,4-5,10-27,60H2,1-3,6-9H3/t28-,29-,30+,33+,34+,35-,36-,37-,38+,39+,40+,41+,42-,43-,44+,45+,46+,47-,48-,49+,50-,51+,53-,54-,55+,56-,57+,58-,59-/m0/s1. The number of carbonyl (C=O) groups is 1. The predicted octanol–water partition coefficient (Wildman–Crippen LogP) is 6.25. The maximum absolute atomic E-state index is 13.8. The first-order valence-electron chi connectivity index (χ1n) is 30.0. The number of rotatable bonds is 12. The highest BCUT2D eigenvalue weighted by Gasteiger charge is 2.62. The Hall–Kier alpha value is -1.69. The fraction of sp³-hybridized carbons (Fsp3) is 0.915. The van der Waals surface area contributed by atoms with Gasteiger partial charge in [0.2, 0.25) is 0 Å². The van der Waals surface area contributed by atoms with Crippen molar-refractivity contribution >= 4 is 5.97 Å². The second kappa shape index (κ2) is 23.9. The van der Waals surface area contributed by atoms with Crippen molar-refractivity contribution in [1.82, 2.24) is 0 Å². The summed E-state index contributed by atoms with van der Waals surface area (Å²) < 4.78 is 78.3. The number of carbonyl (C=O) groups excluding carboxylic acids is 1. The highest BCUT2D eigenvalue weighted by molar-refractivity contribution is 5.70. The number of esters is 1. The van der Waals surface area contributed by atoms with Crippen molar-refractivity contribution in [1.29, 1.82) is 0 Å². The molecular formula is C59H93NO17. The molecule has 11 fully saturated rings. The summed E-state index contributed by atoms with van der Waals surface area (Å²) in [6, 6.07) is 0. The van der Waals surface area contributed by atoms with Gasteiger partial charge in [-0.1, -0.05) is 40.9 Å². The highest BCUT2D eigenvalue weighted by Crippen LogP contribution is 2.52. The summed E-state index contributed by atoms with van der Waals surface area (Å²) in [5.41, 5.74) is 8.29.